The number of carbonyl (C=O) groups is 1. The van der Waals surface area contributed by atoms with E-state index in [1.807, 2.05) is 0 Å². The van der Waals surface area contributed by atoms with Crippen LogP contribution in [0.2, 0.25) is 0 Å². The first-order valence-electron chi connectivity index (χ1n) is 3.89. The minimum atomic E-state index is -3.74. The first kappa shape index (κ1) is 11.5. The number of ether oxygens (including phenoxy) is 1. The van der Waals surface area contributed by atoms with Gasteiger partial charge in [-0.2, -0.15) is 0 Å². The SMILES string of the molecule is COC(=O)N=S(=O)(O)c1ccc(N)cc1. The second kappa shape index (κ2) is 4.28. The zero-order valence-corrected chi connectivity index (χ0v) is 8.73. The minimum Gasteiger partial charge on any atom is -0.451 e. The number of anilines is 1. The molecule has 15 heavy (non-hydrogen) atoms. The summed E-state index contributed by atoms with van der Waals surface area (Å²) < 4.78 is 28.1. The molecule has 1 aromatic carbocycles. The Labute approximate surface area is 87.1 Å². The van der Waals surface area contributed by atoms with Crippen molar-refractivity contribution in [2.45, 2.75) is 4.90 Å². The maximum Gasteiger partial charge on any atom is 0.443 e. The Morgan fingerprint density at radius 3 is 2.47 bits per heavy atom. The summed E-state index contributed by atoms with van der Waals surface area (Å²) in [5.41, 5.74) is 5.85. The Hall–Kier alpha value is -1.60. The lowest BCUT2D eigenvalue weighted by Gasteiger charge is -2.01. The smallest absolute Gasteiger partial charge is 0.443 e. The molecule has 0 aromatic heterocycles. The van der Waals surface area contributed by atoms with E-state index in [9.17, 15) is 13.6 Å². The fourth-order valence-electron chi connectivity index (χ4n) is 0.836. The molecule has 0 fully saturated rings. The highest BCUT2D eigenvalue weighted by Gasteiger charge is 2.11. The number of nitrogen functional groups attached to an aromatic ring is 1. The van der Waals surface area contributed by atoms with Crippen LogP contribution < -0.4 is 5.73 Å². The monoisotopic (exact) mass is 230 g/mol. The Morgan fingerprint density at radius 1 is 1.47 bits per heavy atom. The van der Waals surface area contributed by atoms with Crippen LogP contribution in [0.15, 0.2) is 33.5 Å². The van der Waals surface area contributed by atoms with Crippen LogP contribution in [0.1, 0.15) is 0 Å². The van der Waals surface area contributed by atoms with E-state index in [1.54, 1.807) is 0 Å². The molecule has 7 heteroatoms. The van der Waals surface area contributed by atoms with Crippen molar-refractivity contribution in [3.8, 4) is 0 Å². The lowest BCUT2D eigenvalue weighted by molar-refractivity contribution is 0.183. The van der Waals surface area contributed by atoms with E-state index in [4.69, 9.17) is 5.73 Å². The fourth-order valence-corrected chi connectivity index (χ4v) is 1.71. The van der Waals surface area contributed by atoms with Gasteiger partial charge in [0.05, 0.1) is 12.0 Å². The van der Waals surface area contributed by atoms with Crippen LogP contribution in [0.5, 0.6) is 0 Å². The normalized spacial score (nSPS) is 14.0. The van der Waals surface area contributed by atoms with Gasteiger partial charge in [-0.05, 0) is 24.3 Å². The van der Waals surface area contributed by atoms with Crippen LogP contribution in [-0.2, 0) is 14.7 Å². The number of rotatable bonds is 1. The number of hydrogen-bond donors (Lipinski definition) is 2. The second-order valence-corrected chi connectivity index (χ2v) is 4.27. The van der Waals surface area contributed by atoms with Crippen molar-refractivity contribution < 1.29 is 18.3 Å². The minimum absolute atomic E-state index is 0.00194. The highest BCUT2D eigenvalue weighted by Crippen LogP contribution is 2.13. The van der Waals surface area contributed by atoms with Crippen LogP contribution >= 0.6 is 0 Å². The van der Waals surface area contributed by atoms with E-state index >= 15 is 0 Å². The molecule has 1 unspecified atom stereocenters. The van der Waals surface area contributed by atoms with Gasteiger partial charge in [0.1, 0.15) is 0 Å². The first-order valence-corrected chi connectivity index (χ1v) is 5.36. The number of amides is 1. The Morgan fingerprint density at radius 2 is 2.00 bits per heavy atom. The molecule has 0 saturated carbocycles. The van der Waals surface area contributed by atoms with Crippen molar-refractivity contribution in [2.75, 3.05) is 12.8 Å². The van der Waals surface area contributed by atoms with Gasteiger partial charge in [-0.3, -0.25) is 4.55 Å². The maximum absolute atomic E-state index is 11.5. The Kier molecular flexibility index (Phi) is 3.28. The summed E-state index contributed by atoms with van der Waals surface area (Å²) in [5.74, 6) is 0. The largest absolute Gasteiger partial charge is 0.451 e. The summed E-state index contributed by atoms with van der Waals surface area (Å²) in [6.07, 6.45) is -1.10. The number of hydrogen-bond acceptors (Lipinski definition) is 4. The molecule has 1 rings (SSSR count). The molecule has 1 amide bonds. The van der Waals surface area contributed by atoms with Gasteiger partial charge in [0, 0.05) is 5.69 Å². The number of benzene rings is 1. The average Bonchev–Trinajstić information content (AvgIpc) is 2.17. The molecular formula is C8H10N2O4S. The lowest BCUT2D eigenvalue weighted by atomic mass is 10.3. The van der Waals surface area contributed by atoms with Crippen LogP contribution in [-0.4, -0.2) is 22.0 Å². The summed E-state index contributed by atoms with van der Waals surface area (Å²) in [4.78, 5) is 10.7. The standard InChI is InChI=1S/C8H10N2O4S/c1-14-8(11)10-15(12,13)7-4-2-6(9)3-5-7/h2-5H,9H2,1H3,(H,10,11,12,13). The van der Waals surface area contributed by atoms with Gasteiger partial charge in [-0.25, -0.2) is 9.00 Å². The molecule has 0 saturated heterocycles. The van der Waals surface area contributed by atoms with Crippen molar-refractivity contribution >= 4 is 21.8 Å². The quantitative estimate of drug-likeness (QED) is 0.708. The van der Waals surface area contributed by atoms with E-state index in [1.165, 1.54) is 24.3 Å². The third-order valence-corrected chi connectivity index (χ3v) is 2.84. The molecule has 0 spiro atoms. The molecule has 0 heterocycles. The van der Waals surface area contributed by atoms with Crippen molar-refractivity contribution in [2.24, 2.45) is 4.36 Å². The molecule has 0 radical (unpaired) electrons. The first-order chi connectivity index (χ1) is 6.95. The molecule has 1 aromatic rings. The molecule has 82 valence electrons. The predicted octanol–water partition coefficient (Wildman–Crippen LogP) is 1.34. The number of methoxy groups -OCH3 is 1. The fraction of sp³-hybridized carbons (Fsp3) is 0.125. The van der Waals surface area contributed by atoms with E-state index in [0.29, 0.717) is 5.69 Å². The number of carbonyl (C=O) groups excluding carboxylic acids is 1. The molecule has 1 atom stereocenters. The molecule has 0 aliphatic rings. The van der Waals surface area contributed by atoms with Crippen LogP contribution in [0.3, 0.4) is 0 Å². The number of nitrogens with zero attached hydrogens (tertiary/aromatic N) is 1. The maximum atomic E-state index is 11.5. The Bertz CT molecular complexity index is 474. The molecule has 0 aliphatic heterocycles. The molecule has 3 N–H and O–H groups in total. The van der Waals surface area contributed by atoms with E-state index < -0.39 is 16.1 Å². The van der Waals surface area contributed by atoms with Crippen molar-refractivity contribution in [1.29, 1.82) is 0 Å². The van der Waals surface area contributed by atoms with Gasteiger partial charge in [0.25, 0.3) is 0 Å². The molecular weight excluding hydrogens is 220 g/mol. The van der Waals surface area contributed by atoms with Gasteiger partial charge < -0.3 is 10.5 Å². The van der Waals surface area contributed by atoms with E-state index in [0.717, 1.165) is 7.11 Å². The van der Waals surface area contributed by atoms with Gasteiger partial charge in [-0.1, -0.05) is 4.36 Å². The topological polar surface area (TPSA) is 102 Å². The van der Waals surface area contributed by atoms with Gasteiger partial charge in [0.2, 0.25) is 10.0 Å². The highest BCUT2D eigenvalue weighted by atomic mass is 32.2. The zero-order chi connectivity index (χ0) is 11.5. The molecule has 0 aliphatic carbocycles. The van der Waals surface area contributed by atoms with E-state index in [-0.39, 0.29) is 4.90 Å². The zero-order valence-electron chi connectivity index (χ0n) is 7.91. The summed E-state index contributed by atoms with van der Waals surface area (Å²) in [6.45, 7) is 0. The van der Waals surface area contributed by atoms with Gasteiger partial charge >= 0.3 is 6.09 Å². The second-order valence-electron chi connectivity index (χ2n) is 2.63. The Balaban J connectivity index is 3.17. The third-order valence-electron chi connectivity index (χ3n) is 1.56. The lowest BCUT2D eigenvalue weighted by Crippen LogP contribution is -2.04. The summed E-state index contributed by atoms with van der Waals surface area (Å²) in [5, 5.41) is 0. The average molecular weight is 230 g/mol. The van der Waals surface area contributed by atoms with Gasteiger partial charge in [-0.15, -0.1) is 0 Å². The van der Waals surface area contributed by atoms with E-state index in [2.05, 4.69) is 9.10 Å². The van der Waals surface area contributed by atoms with Crippen molar-refractivity contribution in [1.82, 2.24) is 0 Å². The summed E-state index contributed by atoms with van der Waals surface area (Å²) >= 11 is 0. The molecule has 6 nitrogen and oxygen atoms in total. The third kappa shape index (κ3) is 2.93. The predicted molar refractivity (Wildman–Crippen MR) is 54.7 cm³/mol. The van der Waals surface area contributed by atoms with Crippen LogP contribution in [0, 0.1) is 0 Å². The summed E-state index contributed by atoms with van der Waals surface area (Å²) in [6, 6.07) is 5.53. The number of nitrogens with two attached hydrogens (primary N) is 1. The van der Waals surface area contributed by atoms with Gasteiger partial charge in [0.15, 0.2) is 0 Å². The van der Waals surface area contributed by atoms with Crippen LogP contribution in [0.25, 0.3) is 0 Å². The van der Waals surface area contributed by atoms with Crippen molar-refractivity contribution in [3.63, 3.8) is 0 Å². The van der Waals surface area contributed by atoms with Crippen LogP contribution in [0.4, 0.5) is 10.5 Å². The summed E-state index contributed by atoms with van der Waals surface area (Å²) in [7, 11) is -2.67. The van der Waals surface area contributed by atoms with Crippen molar-refractivity contribution in [3.05, 3.63) is 24.3 Å². The highest BCUT2D eigenvalue weighted by molar-refractivity contribution is 7.88. The molecule has 0 bridgehead atoms.